The van der Waals surface area contributed by atoms with Crippen molar-refractivity contribution in [2.45, 2.75) is 13.0 Å². The van der Waals surface area contributed by atoms with E-state index < -0.39 is 0 Å². The molecule has 0 spiro atoms. The highest BCUT2D eigenvalue weighted by molar-refractivity contribution is 5.90. The zero-order valence-electron chi connectivity index (χ0n) is 9.45. The minimum Gasteiger partial charge on any atom is -0.454 e. The Kier molecular flexibility index (Phi) is 1.85. The maximum absolute atomic E-state index is 5.45. The molecule has 0 unspecified atom stereocenters. The van der Waals surface area contributed by atoms with Crippen LogP contribution in [0.3, 0.4) is 0 Å². The standard InChI is InChI=1S/C14H13NO2/c1-2-10-5-13-14(17-8-16-13)6-11(10)12-7-15-4-3-9(1)12/h1-2,5-6,15H,3-4,7-8H2. The molecule has 3 nitrogen and oxygen atoms in total. The lowest BCUT2D eigenvalue weighted by Crippen LogP contribution is -2.23. The summed E-state index contributed by atoms with van der Waals surface area (Å²) in [6.07, 6.45) is 1.11. The van der Waals surface area contributed by atoms with Gasteiger partial charge in [-0.15, -0.1) is 0 Å². The van der Waals surface area contributed by atoms with E-state index in [-0.39, 0.29) is 0 Å². The molecule has 86 valence electrons. The number of fused-ring (bicyclic) bond motifs is 4. The molecule has 0 amide bonds. The molecule has 0 radical (unpaired) electrons. The smallest absolute Gasteiger partial charge is 0.231 e. The van der Waals surface area contributed by atoms with E-state index in [1.807, 2.05) is 0 Å². The van der Waals surface area contributed by atoms with Crippen LogP contribution in [0.5, 0.6) is 11.5 Å². The van der Waals surface area contributed by atoms with Crippen LogP contribution < -0.4 is 14.8 Å². The van der Waals surface area contributed by atoms with Crippen LogP contribution in [0.15, 0.2) is 24.3 Å². The summed E-state index contributed by atoms with van der Waals surface area (Å²) in [6.45, 7) is 2.36. The first-order chi connectivity index (χ1) is 8.42. The maximum Gasteiger partial charge on any atom is 0.231 e. The second-order valence-corrected chi connectivity index (χ2v) is 4.56. The van der Waals surface area contributed by atoms with Crippen molar-refractivity contribution in [1.29, 1.82) is 0 Å². The number of hydrogen-bond donors (Lipinski definition) is 1. The number of benzene rings is 2. The average molecular weight is 227 g/mol. The first kappa shape index (κ1) is 9.31. The van der Waals surface area contributed by atoms with Gasteiger partial charge in [-0.05, 0) is 47.0 Å². The van der Waals surface area contributed by atoms with Crippen molar-refractivity contribution < 1.29 is 9.47 Å². The predicted octanol–water partition coefficient (Wildman–Crippen LogP) is 2.21. The first-order valence-corrected chi connectivity index (χ1v) is 5.97. The Morgan fingerprint density at radius 3 is 2.88 bits per heavy atom. The molecule has 3 heteroatoms. The molecule has 2 heterocycles. The molecule has 0 bridgehead atoms. The van der Waals surface area contributed by atoms with Crippen molar-refractivity contribution in [2.75, 3.05) is 13.3 Å². The zero-order chi connectivity index (χ0) is 11.2. The summed E-state index contributed by atoms with van der Waals surface area (Å²) in [5, 5.41) is 5.95. The van der Waals surface area contributed by atoms with Gasteiger partial charge in [0.1, 0.15) is 0 Å². The maximum atomic E-state index is 5.45. The summed E-state index contributed by atoms with van der Waals surface area (Å²) in [7, 11) is 0. The van der Waals surface area contributed by atoms with Crippen molar-refractivity contribution in [1.82, 2.24) is 5.32 Å². The van der Waals surface area contributed by atoms with Gasteiger partial charge in [0.15, 0.2) is 11.5 Å². The highest BCUT2D eigenvalue weighted by Crippen LogP contribution is 2.38. The molecular formula is C14H13NO2. The molecule has 0 aliphatic carbocycles. The molecule has 0 fully saturated rings. The minimum absolute atomic E-state index is 0.339. The molecule has 0 atom stereocenters. The Morgan fingerprint density at radius 2 is 1.94 bits per heavy atom. The fraction of sp³-hybridized carbons (Fsp3) is 0.286. The second kappa shape index (κ2) is 3.37. The van der Waals surface area contributed by atoms with Gasteiger partial charge >= 0.3 is 0 Å². The minimum atomic E-state index is 0.339. The first-order valence-electron chi connectivity index (χ1n) is 5.97. The highest BCUT2D eigenvalue weighted by atomic mass is 16.7. The third kappa shape index (κ3) is 1.32. The predicted molar refractivity (Wildman–Crippen MR) is 65.5 cm³/mol. The molecule has 17 heavy (non-hydrogen) atoms. The highest BCUT2D eigenvalue weighted by Gasteiger charge is 2.18. The quantitative estimate of drug-likeness (QED) is 0.748. The van der Waals surface area contributed by atoms with E-state index in [0.717, 1.165) is 31.0 Å². The molecule has 2 aliphatic heterocycles. The molecule has 2 aliphatic rings. The monoisotopic (exact) mass is 227 g/mol. The van der Waals surface area contributed by atoms with Crippen molar-refractivity contribution >= 4 is 10.8 Å². The SMILES string of the molecule is c1cc2cc3c(cc2c2c1CCNC2)OCO3. The summed E-state index contributed by atoms with van der Waals surface area (Å²) < 4.78 is 10.9. The molecular weight excluding hydrogens is 214 g/mol. The van der Waals surface area contributed by atoms with Crippen LogP contribution in [0, 0.1) is 0 Å². The van der Waals surface area contributed by atoms with Crippen LogP contribution in [-0.4, -0.2) is 13.3 Å². The Labute approximate surface area is 99.3 Å². The largest absolute Gasteiger partial charge is 0.454 e. The van der Waals surface area contributed by atoms with Crippen molar-refractivity contribution in [3.05, 3.63) is 35.4 Å². The normalized spacial score (nSPS) is 17.2. The fourth-order valence-corrected chi connectivity index (χ4v) is 2.70. The molecule has 0 saturated carbocycles. The van der Waals surface area contributed by atoms with Crippen LogP contribution in [-0.2, 0) is 13.0 Å². The Bertz CT molecular complexity index is 607. The summed E-state index contributed by atoms with van der Waals surface area (Å²) in [5.74, 6) is 1.73. The number of rotatable bonds is 0. The lowest BCUT2D eigenvalue weighted by atomic mass is 9.94. The third-order valence-corrected chi connectivity index (χ3v) is 3.59. The van der Waals surface area contributed by atoms with E-state index in [2.05, 4.69) is 29.6 Å². The Balaban J connectivity index is 2.03. The van der Waals surface area contributed by atoms with Crippen LogP contribution in [0.4, 0.5) is 0 Å². The van der Waals surface area contributed by atoms with E-state index in [4.69, 9.17) is 9.47 Å². The summed E-state index contributed by atoms with van der Waals surface area (Å²) >= 11 is 0. The van der Waals surface area contributed by atoms with Crippen molar-refractivity contribution in [3.63, 3.8) is 0 Å². The number of hydrogen-bond acceptors (Lipinski definition) is 3. The second-order valence-electron chi connectivity index (χ2n) is 4.56. The van der Waals surface area contributed by atoms with E-state index >= 15 is 0 Å². The van der Waals surface area contributed by atoms with E-state index in [1.54, 1.807) is 0 Å². The van der Waals surface area contributed by atoms with Gasteiger partial charge < -0.3 is 14.8 Å². The van der Waals surface area contributed by atoms with Gasteiger partial charge in [-0.2, -0.15) is 0 Å². The van der Waals surface area contributed by atoms with Gasteiger partial charge in [-0.25, -0.2) is 0 Å². The number of ether oxygens (including phenoxy) is 2. The summed E-state index contributed by atoms with van der Waals surface area (Å²) in [4.78, 5) is 0. The fourth-order valence-electron chi connectivity index (χ4n) is 2.70. The van der Waals surface area contributed by atoms with Crippen LogP contribution in [0.1, 0.15) is 11.1 Å². The molecule has 1 N–H and O–H groups in total. The van der Waals surface area contributed by atoms with Crippen LogP contribution in [0.2, 0.25) is 0 Å². The van der Waals surface area contributed by atoms with E-state index in [1.165, 1.54) is 21.9 Å². The van der Waals surface area contributed by atoms with Crippen LogP contribution >= 0.6 is 0 Å². The van der Waals surface area contributed by atoms with Crippen molar-refractivity contribution in [2.24, 2.45) is 0 Å². The van der Waals surface area contributed by atoms with Crippen molar-refractivity contribution in [3.8, 4) is 11.5 Å². The lowest BCUT2D eigenvalue weighted by molar-refractivity contribution is 0.174. The Morgan fingerprint density at radius 1 is 1.06 bits per heavy atom. The van der Waals surface area contributed by atoms with E-state index in [9.17, 15) is 0 Å². The molecule has 0 saturated heterocycles. The molecule has 2 aromatic carbocycles. The zero-order valence-corrected chi connectivity index (χ0v) is 9.45. The molecule has 4 rings (SSSR count). The third-order valence-electron chi connectivity index (χ3n) is 3.59. The molecule has 0 aromatic heterocycles. The van der Waals surface area contributed by atoms with Gasteiger partial charge in [0.25, 0.3) is 0 Å². The van der Waals surface area contributed by atoms with Gasteiger partial charge in [-0.1, -0.05) is 12.1 Å². The Hall–Kier alpha value is -1.74. The summed E-state index contributed by atoms with van der Waals surface area (Å²) in [5.41, 5.74) is 2.86. The lowest BCUT2D eigenvalue weighted by Gasteiger charge is -2.19. The van der Waals surface area contributed by atoms with Gasteiger partial charge in [0, 0.05) is 6.54 Å². The molecule has 2 aromatic rings. The van der Waals surface area contributed by atoms with Crippen LogP contribution in [0.25, 0.3) is 10.8 Å². The average Bonchev–Trinajstić information content (AvgIpc) is 2.83. The number of nitrogens with one attached hydrogen (secondary N) is 1. The van der Waals surface area contributed by atoms with Gasteiger partial charge in [0.05, 0.1) is 0 Å². The summed E-state index contributed by atoms with van der Waals surface area (Å²) in [6, 6.07) is 8.61. The van der Waals surface area contributed by atoms with Gasteiger partial charge in [-0.3, -0.25) is 0 Å². The van der Waals surface area contributed by atoms with E-state index in [0.29, 0.717) is 6.79 Å². The van der Waals surface area contributed by atoms with Gasteiger partial charge in [0.2, 0.25) is 6.79 Å². The topological polar surface area (TPSA) is 30.5 Å².